The largest absolute Gasteiger partial charge is 0.276 e. The number of halogens is 1. The van der Waals surface area contributed by atoms with Gasteiger partial charge in [0, 0.05) is 5.57 Å². The summed E-state index contributed by atoms with van der Waals surface area (Å²) in [7, 11) is 0. The molecule has 0 aliphatic heterocycles. The maximum atomic E-state index is 10.8. The van der Waals surface area contributed by atoms with Crippen molar-refractivity contribution in [2.24, 2.45) is 11.8 Å². The highest BCUT2D eigenvalue weighted by atomic mass is 35.5. The summed E-state index contributed by atoms with van der Waals surface area (Å²) in [5.41, 5.74) is 0.813. The molecule has 1 aliphatic rings. The summed E-state index contributed by atoms with van der Waals surface area (Å²) in [6.07, 6.45) is 5.00. The van der Waals surface area contributed by atoms with Gasteiger partial charge in [-0.05, 0) is 42.7 Å². The van der Waals surface area contributed by atoms with Gasteiger partial charge >= 0.3 is 0 Å². The van der Waals surface area contributed by atoms with Gasteiger partial charge in [-0.2, -0.15) is 0 Å². The highest BCUT2D eigenvalue weighted by Crippen LogP contribution is 2.29. The molecule has 2 heteroatoms. The molecule has 1 unspecified atom stereocenters. The molecular formula is C10H15ClO. The second-order valence-corrected chi connectivity index (χ2v) is 4.12. The van der Waals surface area contributed by atoms with Crippen molar-refractivity contribution in [1.82, 2.24) is 0 Å². The molecule has 68 valence electrons. The SMILES string of the molecule is CC(C)C1CC=C(C(=O)Cl)CC1. The minimum atomic E-state index is -0.266. The number of rotatable bonds is 2. The Kier molecular flexibility index (Phi) is 3.33. The van der Waals surface area contributed by atoms with Crippen LogP contribution in [0.1, 0.15) is 33.1 Å². The van der Waals surface area contributed by atoms with E-state index < -0.39 is 0 Å². The van der Waals surface area contributed by atoms with Crippen LogP contribution in [-0.2, 0) is 4.79 Å². The minimum Gasteiger partial charge on any atom is -0.276 e. The van der Waals surface area contributed by atoms with Crippen molar-refractivity contribution < 1.29 is 4.79 Å². The number of hydrogen-bond donors (Lipinski definition) is 0. The molecule has 0 aromatic rings. The van der Waals surface area contributed by atoms with E-state index in [-0.39, 0.29) is 5.24 Å². The van der Waals surface area contributed by atoms with E-state index in [4.69, 9.17) is 11.6 Å². The maximum Gasteiger partial charge on any atom is 0.248 e. The molecule has 1 aliphatic carbocycles. The third-order valence-electron chi connectivity index (χ3n) is 2.65. The molecule has 0 saturated carbocycles. The van der Waals surface area contributed by atoms with E-state index in [1.54, 1.807) is 0 Å². The quantitative estimate of drug-likeness (QED) is 0.606. The van der Waals surface area contributed by atoms with E-state index in [2.05, 4.69) is 13.8 Å². The monoisotopic (exact) mass is 186 g/mol. The van der Waals surface area contributed by atoms with Gasteiger partial charge in [-0.1, -0.05) is 19.9 Å². The Morgan fingerprint density at radius 3 is 2.67 bits per heavy atom. The number of hydrogen-bond acceptors (Lipinski definition) is 1. The molecule has 0 N–H and O–H groups in total. The standard InChI is InChI=1S/C10H15ClO/c1-7(2)8-3-5-9(6-4-8)10(11)12/h5,7-8H,3-4,6H2,1-2H3. The van der Waals surface area contributed by atoms with Crippen molar-refractivity contribution >= 4 is 16.8 Å². The first-order valence-corrected chi connectivity index (χ1v) is 4.88. The lowest BCUT2D eigenvalue weighted by Gasteiger charge is -2.23. The molecule has 0 aromatic heterocycles. The van der Waals surface area contributed by atoms with Gasteiger partial charge in [0.05, 0.1) is 0 Å². The Morgan fingerprint density at radius 1 is 1.67 bits per heavy atom. The van der Waals surface area contributed by atoms with Crippen LogP contribution in [0.5, 0.6) is 0 Å². The highest BCUT2D eigenvalue weighted by molar-refractivity contribution is 6.67. The zero-order valence-corrected chi connectivity index (χ0v) is 8.40. The Bertz CT molecular complexity index is 206. The Morgan fingerprint density at radius 2 is 2.33 bits per heavy atom. The van der Waals surface area contributed by atoms with Crippen molar-refractivity contribution in [3.8, 4) is 0 Å². The summed E-state index contributed by atoms with van der Waals surface area (Å²) in [5, 5.41) is -0.266. The topological polar surface area (TPSA) is 17.1 Å². The molecule has 1 nitrogen and oxygen atoms in total. The van der Waals surface area contributed by atoms with Gasteiger partial charge in [0.15, 0.2) is 0 Å². The molecule has 0 radical (unpaired) electrons. The molecule has 0 fully saturated rings. The van der Waals surface area contributed by atoms with Gasteiger partial charge in [0.1, 0.15) is 0 Å². The molecule has 1 atom stereocenters. The van der Waals surface area contributed by atoms with Gasteiger partial charge < -0.3 is 0 Å². The molecule has 0 aromatic carbocycles. The Hall–Kier alpha value is -0.300. The van der Waals surface area contributed by atoms with Crippen LogP contribution in [0.3, 0.4) is 0 Å². The predicted octanol–water partition coefficient (Wildman–Crippen LogP) is 3.13. The van der Waals surface area contributed by atoms with Crippen molar-refractivity contribution in [3.63, 3.8) is 0 Å². The zero-order chi connectivity index (χ0) is 9.14. The van der Waals surface area contributed by atoms with Crippen LogP contribution in [0.4, 0.5) is 0 Å². The summed E-state index contributed by atoms with van der Waals surface area (Å²) in [5.74, 6) is 1.46. The molecule has 12 heavy (non-hydrogen) atoms. The lowest BCUT2D eigenvalue weighted by atomic mass is 9.83. The summed E-state index contributed by atoms with van der Waals surface area (Å²) in [4.78, 5) is 10.8. The molecule has 0 heterocycles. The van der Waals surface area contributed by atoms with Gasteiger partial charge in [-0.15, -0.1) is 0 Å². The molecule has 0 saturated heterocycles. The summed E-state index contributed by atoms with van der Waals surface area (Å²) in [6.45, 7) is 4.46. The third-order valence-corrected chi connectivity index (χ3v) is 2.89. The average Bonchev–Trinajstić information content (AvgIpc) is 2.04. The van der Waals surface area contributed by atoms with Crippen molar-refractivity contribution in [2.75, 3.05) is 0 Å². The first-order chi connectivity index (χ1) is 5.61. The van der Waals surface area contributed by atoms with Gasteiger partial charge in [0.2, 0.25) is 5.24 Å². The van der Waals surface area contributed by atoms with E-state index in [0.717, 1.165) is 30.8 Å². The van der Waals surface area contributed by atoms with E-state index >= 15 is 0 Å². The lowest BCUT2D eigenvalue weighted by Crippen LogP contribution is -2.13. The molecule has 0 bridgehead atoms. The van der Waals surface area contributed by atoms with Crippen LogP contribution in [0.2, 0.25) is 0 Å². The number of allylic oxidation sites excluding steroid dienone is 2. The van der Waals surface area contributed by atoms with Crippen LogP contribution in [-0.4, -0.2) is 5.24 Å². The highest BCUT2D eigenvalue weighted by Gasteiger charge is 2.19. The molecular weight excluding hydrogens is 172 g/mol. The fourth-order valence-corrected chi connectivity index (χ4v) is 1.81. The number of carbonyl (C=O) groups is 1. The van der Waals surface area contributed by atoms with Crippen LogP contribution in [0.15, 0.2) is 11.6 Å². The fraction of sp³-hybridized carbons (Fsp3) is 0.700. The summed E-state index contributed by atoms with van der Waals surface area (Å²) in [6, 6.07) is 0. The second-order valence-electron chi connectivity index (χ2n) is 3.78. The van der Waals surface area contributed by atoms with Crippen molar-refractivity contribution in [3.05, 3.63) is 11.6 Å². The van der Waals surface area contributed by atoms with Crippen LogP contribution < -0.4 is 0 Å². The fourth-order valence-electron chi connectivity index (χ4n) is 1.64. The van der Waals surface area contributed by atoms with Gasteiger partial charge in [-0.3, -0.25) is 4.79 Å². The lowest BCUT2D eigenvalue weighted by molar-refractivity contribution is -0.108. The summed E-state index contributed by atoms with van der Waals surface area (Å²) < 4.78 is 0. The zero-order valence-electron chi connectivity index (χ0n) is 7.64. The van der Waals surface area contributed by atoms with Crippen LogP contribution in [0, 0.1) is 11.8 Å². The van der Waals surface area contributed by atoms with E-state index in [1.165, 1.54) is 0 Å². The second kappa shape index (κ2) is 4.08. The number of carbonyl (C=O) groups excluding carboxylic acids is 1. The van der Waals surface area contributed by atoms with Gasteiger partial charge in [0.25, 0.3) is 0 Å². The average molecular weight is 187 g/mol. The van der Waals surface area contributed by atoms with E-state index in [0.29, 0.717) is 5.92 Å². The summed E-state index contributed by atoms with van der Waals surface area (Å²) >= 11 is 5.38. The van der Waals surface area contributed by atoms with Crippen molar-refractivity contribution in [1.29, 1.82) is 0 Å². The van der Waals surface area contributed by atoms with Gasteiger partial charge in [-0.25, -0.2) is 0 Å². The molecule has 0 spiro atoms. The molecule has 0 amide bonds. The van der Waals surface area contributed by atoms with E-state index in [9.17, 15) is 4.79 Å². The predicted molar refractivity (Wildman–Crippen MR) is 51.1 cm³/mol. The van der Waals surface area contributed by atoms with Crippen LogP contribution >= 0.6 is 11.6 Å². The first-order valence-electron chi connectivity index (χ1n) is 4.50. The van der Waals surface area contributed by atoms with E-state index in [1.807, 2.05) is 6.08 Å². The normalized spacial score (nSPS) is 24.0. The van der Waals surface area contributed by atoms with Crippen molar-refractivity contribution in [2.45, 2.75) is 33.1 Å². The maximum absolute atomic E-state index is 10.8. The first kappa shape index (κ1) is 9.79. The Labute approximate surface area is 78.8 Å². The van der Waals surface area contributed by atoms with Crippen LogP contribution in [0.25, 0.3) is 0 Å². The third kappa shape index (κ3) is 2.34. The minimum absolute atomic E-state index is 0.266. The molecule has 1 rings (SSSR count). The smallest absolute Gasteiger partial charge is 0.248 e. The Balaban J connectivity index is 2.53.